The van der Waals surface area contributed by atoms with Crippen molar-refractivity contribution in [1.29, 1.82) is 0 Å². The standard InChI is InChI=1S/C19H18ClN3O5S.H2/c20-16-6-5-15(29-16)18(25)21-9-14-10-23(19(26)28-14)13-3-1-12(2-4-13)22-7-8-27-11-17(22)24;/h1-6,14H,7-11H2,(H,21,25);1H/t14-;/m0./s1. The van der Waals surface area contributed by atoms with Crippen LogP contribution in [0.1, 0.15) is 11.1 Å². The van der Waals surface area contributed by atoms with E-state index in [9.17, 15) is 14.4 Å². The van der Waals surface area contributed by atoms with Crippen molar-refractivity contribution in [3.63, 3.8) is 0 Å². The van der Waals surface area contributed by atoms with Gasteiger partial charge < -0.3 is 19.7 Å². The van der Waals surface area contributed by atoms with E-state index < -0.39 is 12.2 Å². The highest BCUT2D eigenvalue weighted by atomic mass is 35.5. The topological polar surface area (TPSA) is 88.2 Å². The zero-order chi connectivity index (χ0) is 20.4. The number of ether oxygens (including phenoxy) is 2. The number of anilines is 2. The quantitative estimate of drug-likeness (QED) is 0.777. The first kappa shape index (κ1) is 19.7. The number of benzene rings is 1. The van der Waals surface area contributed by atoms with Crippen molar-refractivity contribution in [2.75, 3.05) is 42.6 Å². The number of rotatable bonds is 5. The minimum atomic E-state index is -0.474. The largest absolute Gasteiger partial charge is 0.442 e. The van der Waals surface area contributed by atoms with Crippen LogP contribution in [-0.4, -0.2) is 56.9 Å². The molecule has 1 N–H and O–H groups in total. The molecule has 0 radical (unpaired) electrons. The van der Waals surface area contributed by atoms with Crippen molar-refractivity contribution < 1.29 is 25.3 Å². The van der Waals surface area contributed by atoms with E-state index in [1.807, 2.05) is 0 Å². The van der Waals surface area contributed by atoms with Crippen LogP contribution in [0.2, 0.25) is 4.34 Å². The molecule has 8 nitrogen and oxygen atoms in total. The number of nitrogens with one attached hydrogen (secondary N) is 1. The first-order valence-electron chi connectivity index (χ1n) is 9.01. The fraction of sp³-hybridized carbons (Fsp3) is 0.316. The van der Waals surface area contributed by atoms with E-state index in [2.05, 4.69) is 5.32 Å². The molecule has 2 fully saturated rings. The predicted octanol–water partition coefficient (Wildman–Crippen LogP) is 2.77. The molecule has 2 aliphatic rings. The van der Waals surface area contributed by atoms with Gasteiger partial charge in [0.2, 0.25) is 0 Å². The van der Waals surface area contributed by atoms with Gasteiger partial charge in [-0.3, -0.25) is 14.5 Å². The van der Waals surface area contributed by atoms with Crippen molar-refractivity contribution in [3.8, 4) is 0 Å². The molecule has 0 spiro atoms. The van der Waals surface area contributed by atoms with Gasteiger partial charge in [0.15, 0.2) is 0 Å². The van der Waals surface area contributed by atoms with Crippen LogP contribution < -0.4 is 15.1 Å². The summed E-state index contributed by atoms with van der Waals surface area (Å²) >= 11 is 7.03. The Bertz CT molecular complexity index is 939. The van der Waals surface area contributed by atoms with Gasteiger partial charge in [0.05, 0.1) is 28.9 Å². The molecule has 1 atom stereocenters. The zero-order valence-electron chi connectivity index (χ0n) is 15.3. The number of carbonyl (C=O) groups excluding carboxylic acids is 3. The molecule has 3 heterocycles. The average Bonchev–Trinajstić information content (AvgIpc) is 3.32. The number of nitrogens with zero attached hydrogens (tertiary/aromatic N) is 2. The summed E-state index contributed by atoms with van der Waals surface area (Å²) in [7, 11) is 0. The van der Waals surface area contributed by atoms with Gasteiger partial charge in [-0.2, -0.15) is 0 Å². The molecule has 0 bridgehead atoms. The number of thiophene rings is 1. The Morgan fingerprint density at radius 3 is 2.55 bits per heavy atom. The number of hydrogen-bond acceptors (Lipinski definition) is 6. The maximum Gasteiger partial charge on any atom is 0.414 e. The number of amides is 3. The van der Waals surface area contributed by atoms with E-state index in [0.717, 1.165) is 5.69 Å². The van der Waals surface area contributed by atoms with Crippen LogP contribution in [0.5, 0.6) is 0 Å². The van der Waals surface area contributed by atoms with Crippen molar-refractivity contribution in [3.05, 3.63) is 45.6 Å². The second-order valence-electron chi connectivity index (χ2n) is 6.54. The molecule has 10 heteroatoms. The van der Waals surface area contributed by atoms with Crippen LogP contribution in [0.3, 0.4) is 0 Å². The lowest BCUT2D eigenvalue weighted by molar-refractivity contribution is -0.125. The fourth-order valence-corrected chi connectivity index (χ4v) is 4.13. The predicted molar refractivity (Wildman–Crippen MR) is 111 cm³/mol. The summed E-state index contributed by atoms with van der Waals surface area (Å²) in [5.74, 6) is -0.344. The van der Waals surface area contributed by atoms with Crippen molar-refractivity contribution in [1.82, 2.24) is 5.32 Å². The van der Waals surface area contributed by atoms with E-state index in [4.69, 9.17) is 21.1 Å². The summed E-state index contributed by atoms with van der Waals surface area (Å²) in [5, 5.41) is 2.76. The maximum atomic E-state index is 12.2. The van der Waals surface area contributed by atoms with Gasteiger partial charge in [0, 0.05) is 19.3 Å². The highest BCUT2D eigenvalue weighted by Gasteiger charge is 2.33. The lowest BCUT2D eigenvalue weighted by atomic mass is 10.2. The molecule has 0 unspecified atom stereocenters. The molecule has 2 saturated heterocycles. The van der Waals surface area contributed by atoms with E-state index in [1.54, 1.807) is 41.3 Å². The lowest BCUT2D eigenvalue weighted by Crippen LogP contribution is -2.41. The molecule has 3 amide bonds. The first-order valence-corrected chi connectivity index (χ1v) is 10.2. The smallest absolute Gasteiger partial charge is 0.414 e. The SMILES string of the molecule is O=C(NC[C@H]1CN(c2ccc(N3CCOCC3=O)cc2)C(=O)O1)c1ccc(Cl)s1.[HH]. The average molecular weight is 438 g/mol. The minimum absolute atomic E-state index is 0. The van der Waals surface area contributed by atoms with Crippen LogP contribution in [0.4, 0.5) is 16.2 Å². The summed E-state index contributed by atoms with van der Waals surface area (Å²) < 4.78 is 11.0. The van der Waals surface area contributed by atoms with E-state index in [-0.39, 0.29) is 26.4 Å². The Morgan fingerprint density at radius 2 is 1.90 bits per heavy atom. The third kappa shape index (κ3) is 4.36. The molecule has 0 saturated carbocycles. The molecule has 154 valence electrons. The van der Waals surface area contributed by atoms with Gasteiger partial charge in [0.1, 0.15) is 12.7 Å². The fourth-order valence-electron chi connectivity index (χ4n) is 3.17. The molecule has 1 aromatic heterocycles. The van der Waals surface area contributed by atoms with Crippen LogP contribution in [-0.2, 0) is 14.3 Å². The third-order valence-electron chi connectivity index (χ3n) is 4.62. The van der Waals surface area contributed by atoms with Gasteiger partial charge in [-0.1, -0.05) is 11.6 Å². The van der Waals surface area contributed by atoms with Crippen molar-refractivity contribution in [2.45, 2.75) is 6.10 Å². The third-order valence-corrected chi connectivity index (χ3v) is 5.85. The highest BCUT2D eigenvalue weighted by Crippen LogP contribution is 2.26. The maximum absolute atomic E-state index is 12.2. The number of carbonyl (C=O) groups is 3. The zero-order valence-corrected chi connectivity index (χ0v) is 16.9. The van der Waals surface area contributed by atoms with E-state index in [0.29, 0.717) is 34.6 Å². The molecule has 2 aromatic rings. The molecule has 0 aliphatic carbocycles. The van der Waals surface area contributed by atoms with Crippen LogP contribution >= 0.6 is 22.9 Å². The van der Waals surface area contributed by atoms with E-state index >= 15 is 0 Å². The molecule has 4 rings (SSSR count). The summed E-state index contributed by atoms with van der Waals surface area (Å²) in [4.78, 5) is 39.9. The van der Waals surface area contributed by atoms with Gasteiger partial charge in [-0.25, -0.2) is 4.79 Å². The van der Waals surface area contributed by atoms with Crippen molar-refractivity contribution in [2.24, 2.45) is 0 Å². The Morgan fingerprint density at radius 1 is 1.17 bits per heavy atom. The molecule has 2 aliphatic heterocycles. The number of morpholine rings is 1. The number of cyclic esters (lactones) is 1. The second kappa shape index (κ2) is 8.40. The highest BCUT2D eigenvalue weighted by molar-refractivity contribution is 7.18. The molecular weight excluding hydrogens is 418 g/mol. The Hall–Kier alpha value is -2.62. The monoisotopic (exact) mass is 437 g/mol. The van der Waals surface area contributed by atoms with Crippen molar-refractivity contribution >= 4 is 52.2 Å². The summed E-state index contributed by atoms with van der Waals surface area (Å²) in [6, 6.07) is 10.4. The normalized spacial score (nSPS) is 19.4. The Balaban J connectivity index is 0.00000256. The summed E-state index contributed by atoms with van der Waals surface area (Å²) in [6.45, 7) is 1.60. The second-order valence-corrected chi connectivity index (χ2v) is 8.26. The molecular formula is C19H20ClN3O5S. The van der Waals surface area contributed by atoms with Crippen LogP contribution in [0, 0.1) is 0 Å². The Kier molecular flexibility index (Phi) is 5.70. The van der Waals surface area contributed by atoms with Crippen LogP contribution in [0.25, 0.3) is 0 Å². The molecule has 29 heavy (non-hydrogen) atoms. The Labute approximate surface area is 177 Å². The van der Waals surface area contributed by atoms with Gasteiger partial charge in [-0.05, 0) is 36.4 Å². The lowest BCUT2D eigenvalue weighted by Gasteiger charge is -2.27. The van der Waals surface area contributed by atoms with Gasteiger partial charge >= 0.3 is 6.09 Å². The first-order chi connectivity index (χ1) is 14.0. The summed E-state index contributed by atoms with van der Waals surface area (Å²) in [6.07, 6.45) is -0.930. The molecule has 1 aromatic carbocycles. The number of hydrogen-bond donors (Lipinski definition) is 1. The minimum Gasteiger partial charge on any atom is -0.442 e. The van der Waals surface area contributed by atoms with E-state index in [1.165, 1.54) is 16.2 Å². The summed E-state index contributed by atoms with van der Waals surface area (Å²) in [5.41, 5.74) is 1.42. The van der Waals surface area contributed by atoms with Crippen LogP contribution in [0.15, 0.2) is 36.4 Å². The number of halogens is 1. The van der Waals surface area contributed by atoms with Gasteiger partial charge in [0.25, 0.3) is 11.8 Å². The van der Waals surface area contributed by atoms with Gasteiger partial charge in [-0.15, -0.1) is 11.3 Å².